The van der Waals surface area contributed by atoms with Crippen LogP contribution in [-0.4, -0.2) is 25.6 Å². The van der Waals surface area contributed by atoms with E-state index in [1.165, 1.54) is 16.7 Å². The summed E-state index contributed by atoms with van der Waals surface area (Å²) in [6.45, 7) is 26.1. The Morgan fingerprint density at radius 2 is 1.42 bits per heavy atom. The van der Waals surface area contributed by atoms with Gasteiger partial charge < -0.3 is 13.9 Å². The topological polar surface area (TPSA) is 44.3 Å². The van der Waals surface area contributed by atoms with E-state index in [0.29, 0.717) is 5.90 Å². The molecule has 1 aliphatic carbocycles. The number of benzene rings is 6. The van der Waals surface area contributed by atoms with Crippen LogP contribution in [0.1, 0.15) is 115 Å². The molecule has 0 spiro atoms. The molecule has 0 radical (unpaired) electrons. The number of nitrogens with zero attached hydrogens (tertiary/aromatic N) is 4. The van der Waals surface area contributed by atoms with E-state index >= 15 is 0 Å². The Morgan fingerprint density at radius 3 is 2.17 bits per heavy atom. The molecule has 1 aliphatic heterocycles. The van der Waals surface area contributed by atoms with Crippen molar-refractivity contribution in [2.75, 3.05) is 0 Å². The monoisotopic (exact) mass is 1050 g/mol. The average molecular weight is 1050 g/mol. The Balaban J connectivity index is 0.00000539. The van der Waals surface area contributed by atoms with Crippen molar-refractivity contribution in [2.45, 2.75) is 118 Å². The molecule has 0 amide bonds. The number of hydrogen-bond donors (Lipinski definition) is 0. The molecule has 0 saturated carbocycles. The Bertz CT molecular complexity index is 3610. The van der Waals surface area contributed by atoms with Crippen LogP contribution in [0.2, 0.25) is 0 Å². The molecule has 4 heterocycles. The van der Waals surface area contributed by atoms with Crippen molar-refractivity contribution >= 4 is 49.6 Å². The van der Waals surface area contributed by atoms with Gasteiger partial charge in [0.2, 0.25) is 0 Å². The number of aryl methyl sites for hydroxylation is 3. The summed E-state index contributed by atoms with van der Waals surface area (Å²) < 4.78 is 31.1. The summed E-state index contributed by atoms with van der Waals surface area (Å²) in [6, 6.07) is 44.9. The zero-order valence-electron chi connectivity index (χ0n) is 42.1. The molecule has 3 aromatic heterocycles. The summed E-state index contributed by atoms with van der Waals surface area (Å²) in [5, 5.41) is 4.48. The summed E-state index contributed by atoms with van der Waals surface area (Å²) >= 11 is 0. The van der Waals surface area contributed by atoms with E-state index in [-0.39, 0.29) is 38.3 Å². The van der Waals surface area contributed by atoms with Gasteiger partial charge >= 0.3 is 21.1 Å². The van der Waals surface area contributed by atoms with Crippen LogP contribution in [0.4, 0.5) is 0 Å². The van der Waals surface area contributed by atoms with E-state index in [1.54, 1.807) is 0 Å². The number of aliphatic imine (C=N–C) groups is 1. The molecule has 6 aromatic carbocycles. The van der Waals surface area contributed by atoms with Gasteiger partial charge in [-0.2, -0.15) is 6.07 Å². The number of ether oxygens (including phenoxy) is 1. The van der Waals surface area contributed by atoms with Gasteiger partial charge in [-0.25, -0.2) is 4.98 Å². The minimum Gasteiger partial charge on any atom is -0.508 e. The first-order valence-corrected chi connectivity index (χ1v) is 23.0. The molecule has 9 aromatic rings. The molecule has 5 nitrogen and oxygen atoms in total. The van der Waals surface area contributed by atoms with Crippen molar-refractivity contribution in [1.82, 2.24) is 14.1 Å². The summed E-state index contributed by atoms with van der Waals surface area (Å²) in [4.78, 5) is 10.4. The Hall–Kier alpha value is -5.77. The van der Waals surface area contributed by atoms with Crippen molar-refractivity contribution in [3.8, 4) is 22.5 Å². The molecule has 2 atom stereocenters. The van der Waals surface area contributed by atoms with E-state index in [0.717, 1.165) is 99.6 Å². The fourth-order valence-electron chi connectivity index (χ4n) is 11.1. The van der Waals surface area contributed by atoms with Gasteiger partial charge in [-0.3, -0.25) is 4.99 Å². The van der Waals surface area contributed by atoms with Gasteiger partial charge in [0.1, 0.15) is 17.1 Å². The standard InChI is InChI=1S/C60H58N4O.Pt/c1-35-20-22-50-46(27-35)47-28-36(2)52(64-51-23-21-40(39-17-14-13-15-18-39)32-48(51)45-19-16-26-61-55(45)64)34-53(47)63(50)43-31-41(30-42(33-43)57(5,6)7)56-62-59(11)25-24-44-38(4)54(58(8,9)10)37(3)29-49(44)60(59,12)65-56;/h13-23,26-30,32-33H,24-25H2,1-12H3;/q-2;+2/t59-,60+;/m1./s1/i24D2;. The van der Waals surface area contributed by atoms with Crippen molar-refractivity contribution in [3.05, 3.63) is 172 Å². The van der Waals surface area contributed by atoms with E-state index in [9.17, 15) is 2.74 Å². The molecule has 2 aliphatic rings. The quantitative estimate of drug-likeness (QED) is 0.165. The second kappa shape index (κ2) is 15.1. The van der Waals surface area contributed by atoms with Gasteiger partial charge in [0.25, 0.3) is 0 Å². The number of rotatable bonds is 4. The largest absolute Gasteiger partial charge is 2.00 e. The fraction of sp³-hybridized carbons (Fsp3) is 0.300. The first kappa shape index (κ1) is 41.6. The normalized spacial score (nSPS) is 19.6. The molecule has 334 valence electrons. The maximum absolute atomic E-state index is 9.61. The van der Waals surface area contributed by atoms with Crippen molar-refractivity contribution in [1.29, 1.82) is 0 Å². The minimum absolute atomic E-state index is 0. The maximum Gasteiger partial charge on any atom is 2.00 e. The van der Waals surface area contributed by atoms with Gasteiger partial charge in [-0.05, 0) is 133 Å². The number of pyridine rings is 1. The van der Waals surface area contributed by atoms with Gasteiger partial charge in [0.05, 0.1) is 11.1 Å². The molecule has 0 N–H and O–H groups in total. The summed E-state index contributed by atoms with van der Waals surface area (Å²) in [5.41, 5.74) is 15.0. The summed E-state index contributed by atoms with van der Waals surface area (Å²) in [5.74, 6) is 0.486. The summed E-state index contributed by atoms with van der Waals surface area (Å²) in [7, 11) is 0. The Kier molecular flexibility index (Phi) is 9.54. The molecule has 6 heteroatoms. The van der Waals surface area contributed by atoms with Crippen LogP contribution in [0.25, 0.3) is 66.2 Å². The number of hydrogen-bond acceptors (Lipinski definition) is 3. The van der Waals surface area contributed by atoms with Crippen molar-refractivity contribution in [2.24, 2.45) is 4.99 Å². The second-order valence-electron chi connectivity index (χ2n) is 21.2. The Labute approximate surface area is 407 Å². The molecule has 0 fully saturated rings. The molecule has 0 bridgehead atoms. The van der Waals surface area contributed by atoms with Gasteiger partial charge in [-0.1, -0.05) is 125 Å². The predicted octanol–water partition coefficient (Wildman–Crippen LogP) is 14.8. The second-order valence-corrected chi connectivity index (χ2v) is 21.2. The minimum atomic E-state index is -1.62. The van der Waals surface area contributed by atoms with Gasteiger partial charge in [-0.15, -0.1) is 40.8 Å². The van der Waals surface area contributed by atoms with E-state index in [1.807, 2.05) is 12.3 Å². The third-order valence-electron chi connectivity index (χ3n) is 14.5. The number of aromatic nitrogens is 3. The van der Waals surface area contributed by atoms with Crippen LogP contribution in [-0.2, 0) is 48.6 Å². The van der Waals surface area contributed by atoms with Gasteiger partial charge in [0, 0.05) is 30.8 Å². The zero-order chi connectivity index (χ0) is 47.3. The van der Waals surface area contributed by atoms with Crippen LogP contribution in [0.3, 0.4) is 0 Å². The van der Waals surface area contributed by atoms with E-state index in [4.69, 9.17) is 14.7 Å². The van der Waals surface area contributed by atoms with Crippen LogP contribution in [0.15, 0.2) is 114 Å². The third-order valence-corrected chi connectivity index (χ3v) is 14.5. The van der Waals surface area contributed by atoms with E-state index < -0.39 is 17.5 Å². The summed E-state index contributed by atoms with van der Waals surface area (Å²) in [6.07, 6.45) is 0.455. The average Bonchev–Trinajstić information content (AvgIpc) is 3.85. The first-order valence-electron chi connectivity index (χ1n) is 24.0. The maximum atomic E-state index is 9.61. The molecule has 0 unspecified atom stereocenters. The molecule has 11 rings (SSSR count). The third kappa shape index (κ3) is 6.58. The van der Waals surface area contributed by atoms with Crippen molar-refractivity contribution in [3.63, 3.8) is 0 Å². The number of fused-ring (bicyclic) bond motifs is 9. The molecule has 66 heavy (non-hydrogen) atoms. The smallest absolute Gasteiger partial charge is 0.508 e. The van der Waals surface area contributed by atoms with Crippen LogP contribution >= 0.6 is 0 Å². The Morgan fingerprint density at radius 1 is 0.697 bits per heavy atom. The SMILES string of the molecule is [2H]C1([2H])C[C@@]2(C)N=C(c3[c-]c(-n4c5[c-]c(-n6c7ccc(-c8ccccc8)cc7c7cccnc76)c(C)cc5c5cc(C)ccc54)cc(C(C)(C)C)c3)O[C@@]2(C)c2cc(C)c(C(C)(C)C)c(C)c21.[Pt+2]. The van der Waals surface area contributed by atoms with Crippen molar-refractivity contribution < 1.29 is 28.5 Å². The molecule has 0 saturated heterocycles. The van der Waals surface area contributed by atoms with Crippen LogP contribution in [0, 0.1) is 39.8 Å². The zero-order valence-corrected chi connectivity index (χ0v) is 42.4. The fourth-order valence-corrected chi connectivity index (χ4v) is 11.1. The van der Waals surface area contributed by atoms with Crippen LogP contribution in [0.5, 0.6) is 0 Å². The van der Waals surface area contributed by atoms with E-state index in [2.05, 4.69) is 201 Å². The molecular weight excluding hydrogens is 988 g/mol. The predicted molar refractivity (Wildman–Crippen MR) is 271 cm³/mol. The first-order chi connectivity index (χ1) is 31.6. The van der Waals surface area contributed by atoms with Crippen LogP contribution < -0.4 is 0 Å². The van der Waals surface area contributed by atoms with Gasteiger partial charge in [0.15, 0.2) is 0 Å². The molecular formula is C60H58N4OPt.